The first-order valence-corrected chi connectivity index (χ1v) is 24.6. The van der Waals surface area contributed by atoms with Crippen LogP contribution in [0.2, 0.25) is 0 Å². The fourth-order valence-corrected chi connectivity index (χ4v) is 6.78. The third kappa shape index (κ3) is 44.5. The summed E-state index contributed by atoms with van der Waals surface area (Å²) in [6, 6.07) is 0. The van der Waals surface area contributed by atoms with E-state index in [0.29, 0.717) is 19.3 Å². The first kappa shape index (κ1) is 55.4. The SMILES string of the molecule is CCCC/C=C\CCCCCCCC(=O)OC(COC(=O)CCCCCCCC/C=C\C/C=C\C/C=C\CCCCCCC)COC(=O)CCCCCCCCCC. The van der Waals surface area contributed by atoms with Crippen LogP contribution in [0.1, 0.15) is 245 Å². The third-order valence-corrected chi connectivity index (χ3v) is 10.6. The zero-order valence-electron chi connectivity index (χ0n) is 38.3. The van der Waals surface area contributed by atoms with Crippen molar-refractivity contribution in [2.45, 2.75) is 252 Å². The second-order valence-corrected chi connectivity index (χ2v) is 16.4. The zero-order valence-corrected chi connectivity index (χ0v) is 38.3. The number of ether oxygens (including phenoxy) is 3. The highest BCUT2D eigenvalue weighted by atomic mass is 16.6. The van der Waals surface area contributed by atoms with Crippen LogP contribution >= 0.6 is 0 Å². The minimum atomic E-state index is -0.777. The number of carbonyl (C=O) groups excluding carboxylic acids is 3. The van der Waals surface area contributed by atoms with Gasteiger partial charge in [0.2, 0.25) is 0 Å². The van der Waals surface area contributed by atoms with Crippen LogP contribution in [0.4, 0.5) is 0 Å². The predicted octanol–water partition coefficient (Wildman–Crippen LogP) is 15.9. The Morgan fingerprint density at radius 2 is 0.638 bits per heavy atom. The molecule has 0 aromatic heterocycles. The van der Waals surface area contributed by atoms with Crippen LogP contribution in [0.25, 0.3) is 0 Å². The Morgan fingerprint density at radius 1 is 0.345 bits per heavy atom. The molecule has 0 bridgehead atoms. The van der Waals surface area contributed by atoms with Crippen LogP contribution in [0.15, 0.2) is 48.6 Å². The van der Waals surface area contributed by atoms with Gasteiger partial charge in [-0.15, -0.1) is 0 Å². The summed E-state index contributed by atoms with van der Waals surface area (Å²) >= 11 is 0. The second-order valence-electron chi connectivity index (χ2n) is 16.4. The summed E-state index contributed by atoms with van der Waals surface area (Å²) in [7, 11) is 0. The van der Waals surface area contributed by atoms with Crippen molar-refractivity contribution in [3.63, 3.8) is 0 Å². The van der Waals surface area contributed by atoms with Crippen LogP contribution in [0, 0.1) is 0 Å². The van der Waals surface area contributed by atoms with Crippen molar-refractivity contribution in [1.82, 2.24) is 0 Å². The maximum atomic E-state index is 12.7. The molecule has 1 unspecified atom stereocenters. The highest BCUT2D eigenvalue weighted by Gasteiger charge is 2.19. The lowest BCUT2D eigenvalue weighted by molar-refractivity contribution is -0.167. The van der Waals surface area contributed by atoms with Gasteiger partial charge in [-0.05, 0) is 77.0 Å². The summed E-state index contributed by atoms with van der Waals surface area (Å²) in [5, 5.41) is 0. The Kier molecular flexibility index (Phi) is 44.9. The number of allylic oxidation sites excluding steroid dienone is 8. The van der Waals surface area contributed by atoms with Gasteiger partial charge < -0.3 is 14.2 Å². The molecule has 0 spiro atoms. The van der Waals surface area contributed by atoms with Crippen LogP contribution in [0.5, 0.6) is 0 Å². The van der Waals surface area contributed by atoms with Gasteiger partial charge in [-0.3, -0.25) is 14.4 Å². The van der Waals surface area contributed by atoms with E-state index < -0.39 is 6.10 Å². The number of carbonyl (C=O) groups is 3. The van der Waals surface area contributed by atoms with Crippen molar-refractivity contribution in [3.05, 3.63) is 48.6 Å². The summed E-state index contributed by atoms with van der Waals surface area (Å²) in [6.07, 6.45) is 55.3. The third-order valence-electron chi connectivity index (χ3n) is 10.6. The van der Waals surface area contributed by atoms with E-state index in [0.717, 1.165) is 89.9 Å². The number of hydrogen-bond acceptors (Lipinski definition) is 6. The monoisotopic (exact) mass is 813 g/mol. The molecule has 336 valence electrons. The van der Waals surface area contributed by atoms with Gasteiger partial charge in [0.1, 0.15) is 13.2 Å². The molecule has 0 aromatic rings. The molecule has 0 N–H and O–H groups in total. The van der Waals surface area contributed by atoms with Crippen molar-refractivity contribution >= 4 is 17.9 Å². The quantitative estimate of drug-likeness (QED) is 0.0264. The molecule has 0 rings (SSSR count). The van der Waals surface area contributed by atoms with Crippen molar-refractivity contribution < 1.29 is 28.6 Å². The van der Waals surface area contributed by atoms with E-state index in [1.54, 1.807) is 0 Å². The Balaban J connectivity index is 4.27. The van der Waals surface area contributed by atoms with Crippen molar-refractivity contribution in [2.75, 3.05) is 13.2 Å². The van der Waals surface area contributed by atoms with Gasteiger partial charge in [0, 0.05) is 19.3 Å². The van der Waals surface area contributed by atoms with E-state index >= 15 is 0 Å². The van der Waals surface area contributed by atoms with E-state index in [4.69, 9.17) is 14.2 Å². The lowest BCUT2D eigenvalue weighted by atomic mass is 10.1. The summed E-state index contributed by atoms with van der Waals surface area (Å²) < 4.78 is 16.7. The Hall–Kier alpha value is -2.63. The van der Waals surface area contributed by atoms with Gasteiger partial charge in [0.25, 0.3) is 0 Å². The van der Waals surface area contributed by atoms with E-state index in [-0.39, 0.29) is 31.1 Å². The number of hydrogen-bond donors (Lipinski definition) is 0. The topological polar surface area (TPSA) is 78.9 Å². The van der Waals surface area contributed by atoms with Crippen LogP contribution < -0.4 is 0 Å². The first-order chi connectivity index (χ1) is 28.5. The standard InChI is InChI=1S/C52H92O6/c1-4-7-10-13-16-19-21-22-23-24-25-26-27-28-29-30-32-33-36-39-42-45-51(54)57-48-49(47-56-50(53)44-41-38-35-18-15-12-9-6-3)58-52(55)46-43-40-37-34-31-20-17-14-11-8-5-2/h14,17,21-22,24-25,27-28,49H,4-13,15-16,18-20,23,26,29-48H2,1-3H3/b17-14-,22-21-,25-24-,28-27-. The number of unbranched alkanes of at least 4 members (excludes halogenated alkanes) is 25. The molecule has 6 nitrogen and oxygen atoms in total. The molecule has 0 fully saturated rings. The number of rotatable bonds is 44. The molecule has 0 heterocycles. The van der Waals surface area contributed by atoms with Crippen LogP contribution in [-0.4, -0.2) is 37.2 Å². The molecule has 58 heavy (non-hydrogen) atoms. The summed E-state index contributed by atoms with van der Waals surface area (Å²) in [5.41, 5.74) is 0. The highest BCUT2D eigenvalue weighted by Crippen LogP contribution is 2.14. The van der Waals surface area contributed by atoms with Crippen molar-refractivity contribution in [3.8, 4) is 0 Å². The molecule has 0 aromatic carbocycles. The molecular weight excluding hydrogens is 721 g/mol. The molecule has 0 aliphatic heterocycles. The lowest BCUT2D eigenvalue weighted by Crippen LogP contribution is -2.30. The summed E-state index contributed by atoms with van der Waals surface area (Å²) in [5.74, 6) is -0.905. The summed E-state index contributed by atoms with van der Waals surface area (Å²) in [4.78, 5) is 37.7. The van der Waals surface area contributed by atoms with E-state index in [1.807, 2.05) is 0 Å². The first-order valence-electron chi connectivity index (χ1n) is 24.6. The minimum Gasteiger partial charge on any atom is -0.462 e. The molecule has 0 saturated carbocycles. The van der Waals surface area contributed by atoms with Gasteiger partial charge >= 0.3 is 17.9 Å². The highest BCUT2D eigenvalue weighted by molar-refractivity contribution is 5.71. The normalized spacial score (nSPS) is 12.4. The zero-order chi connectivity index (χ0) is 42.3. The van der Waals surface area contributed by atoms with Crippen molar-refractivity contribution in [2.24, 2.45) is 0 Å². The van der Waals surface area contributed by atoms with Crippen LogP contribution in [0.3, 0.4) is 0 Å². The Labute approximate surface area is 358 Å². The maximum Gasteiger partial charge on any atom is 0.306 e. The Morgan fingerprint density at radius 3 is 1.03 bits per heavy atom. The van der Waals surface area contributed by atoms with Gasteiger partial charge in [-0.1, -0.05) is 198 Å². The second kappa shape index (κ2) is 47.1. The van der Waals surface area contributed by atoms with E-state index in [9.17, 15) is 14.4 Å². The van der Waals surface area contributed by atoms with E-state index in [2.05, 4.69) is 69.4 Å². The predicted molar refractivity (Wildman–Crippen MR) is 247 cm³/mol. The Bertz CT molecular complexity index is 1030. The lowest BCUT2D eigenvalue weighted by Gasteiger charge is -2.18. The summed E-state index contributed by atoms with van der Waals surface area (Å²) in [6.45, 7) is 6.54. The molecule has 0 aliphatic rings. The average Bonchev–Trinajstić information content (AvgIpc) is 3.22. The largest absolute Gasteiger partial charge is 0.462 e. The average molecular weight is 813 g/mol. The molecule has 6 heteroatoms. The molecule has 1 atom stereocenters. The number of esters is 3. The minimum absolute atomic E-state index is 0.0799. The van der Waals surface area contributed by atoms with Gasteiger partial charge in [0.05, 0.1) is 0 Å². The van der Waals surface area contributed by atoms with Gasteiger partial charge in [-0.2, -0.15) is 0 Å². The van der Waals surface area contributed by atoms with Crippen molar-refractivity contribution in [1.29, 1.82) is 0 Å². The molecule has 0 radical (unpaired) electrons. The molecular formula is C52H92O6. The van der Waals surface area contributed by atoms with Crippen LogP contribution in [-0.2, 0) is 28.6 Å². The fourth-order valence-electron chi connectivity index (χ4n) is 6.78. The molecule has 0 amide bonds. The van der Waals surface area contributed by atoms with Gasteiger partial charge in [0.15, 0.2) is 6.10 Å². The molecule has 0 aliphatic carbocycles. The van der Waals surface area contributed by atoms with E-state index in [1.165, 1.54) is 116 Å². The van der Waals surface area contributed by atoms with Gasteiger partial charge in [-0.25, -0.2) is 0 Å². The smallest absolute Gasteiger partial charge is 0.306 e. The maximum absolute atomic E-state index is 12.7. The fraction of sp³-hybridized carbons (Fsp3) is 0.788. The molecule has 0 saturated heterocycles.